The number of hydrogen-bond donors (Lipinski definition) is 6. The Labute approximate surface area is 152 Å². The first kappa shape index (κ1) is 19.0. The van der Waals surface area contributed by atoms with E-state index in [-0.39, 0.29) is 17.7 Å². The fraction of sp³-hybridized carbons (Fsp3) is 0.211. The van der Waals surface area contributed by atoms with Gasteiger partial charge in [-0.1, -0.05) is 48.5 Å². The minimum atomic E-state index is -0.215. The zero-order chi connectivity index (χ0) is 18.9. The highest BCUT2D eigenvalue weighted by molar-refractivity contribution is 5.95. The van der Waals surface area contributed by atoms with E-state index < -0.39 is 0 Å². The van der Waals surface area contributed by atoms with E-state index in [1.807, 2.05) is 36.4 Å². The molecule has 0 saturated carbocycles. The van der Waals surface area contributed by atoms with Gasteiger partial charge in [0.25, 0.3) is 0 Å². The van der Waals surface area contributed by atoms with Crippen LogP contribution in [0.25, 0.3) is 0 Å². The maximum absolute atomic E-state index is 11.8. The van der Waals surface area contributed by atoms with Crippen molar-refractivity contribution in [3.05, 3.63) is 70.8 Å². The highest BCUT2D eigenvalue weighted by atomic mass is 16.2. The van der Waals surface area contributed by atoms with Crippen LogP contribution in [0.2, 0.25) is 0 Å². The molecule has 2 aromatic rings. The Morgan fingerprint density at radius 3 is 1.81 bits per heavy atom. The van der Waals surface area contributed by atoms with Crippen LogP contribution < -0.4 is 22.1 Å². The van der Waals surface area contributed by atoms with Gasteiger partial charge in [-0.3, -0.25) is 10.8 Å². The van der Waals surface area contributed by atoms with Crippen molar-refractivity contribution in [3.63, 3.8) is 0 Å². The van der Waals surface area contributed by atoms with E-state index in [1.54, 1.807) is 12.1 Å². The summed E-state index contributed by atoms with van der Waals surface area (Å²) in [6.07, 6.45) is 1.66. The summed E-state index contributed by atoms with van der Waals surface area (Å²) in [5.41, 5.74) is 14.3. The van der Waals surface area contributed by atoms with Crippen LogP contribution in [0.4, 0.5) is 4.79 Å². The van der Waals surface area contributed by atoms with Gasteiger partial charge in [0, 0.05) is 24.2 Å². The Balaban J connectivity index is 1.65. The Bertz CT molecular complexity index is 768. The van der Waals surface area contributed by atoms with E-state index in [0.29, 0.717) is 24.2 Å². The summed E-state index contributed by atoms with van der Waals surface area (Å²) in [5, 5.41) is 20.3. The number of urea groups is 1. The number of carbonyl (C=O) groups is 1. The van der Waals surface area contributed by atoms with Gasteiger partial charge in [0.1, 0.15) is 11.7 Å². The molecule has 7 nitrogen and oxygen atoms in total. The smallest absolute Gasteiger partial charge is 0.315 e. The topological polar surface area (TPSA) is 141 Å². The van der Waals surface area contributed by atoms with Gasteiger partial charge in [-0.25, -0.2) is 4.79 Å². The zero-order valence-electron chi connectivity index (χ0n) is 14.5. The molecule has 0 atom stereocenters. The molecule has 0 aromatic heterocycles. The van der Waals surface area contributed by atoms with Crippen molar-refractivity contribution >= 4 is 17.7 Å². The quantitative estimate of drug-likeness (QED) is 0.244. The highest BCUT2D eigenvalue weighted by Gasteiger charge is 2.02. The maximum atomic E-state index is 11.8. The molecule has 2 rings (SSSR count). The third-order valence-corrected chi connectivity index (χ3v) is 3.91. The minimum absolute atomic E-state index is 0.0261. The molecule has 2 aromatic carbocycles. The van der Waals surface area contributed by atoms with Crippen molar-refractivity contribution < 1.29 is 4.79 Å². The molecule has 7 heteroatoms. The molecule has 136 valence electrons. The number of nitrogens with two attached hydrogens (primary N) is 2. The lowest BCUT2D eigenvalue weighted by molar-refractivity contribution is 0.240. The van der Waals surface area contributed by atoms with Crippen molar-refractivity contribution in [1.29, 1.82) is 10.8 Å². The summed E-state index contributed by atoms with van der Waals surface area (Å²) in [7, 11) is 0. The summed E-state index contributed by atoms with van der Waals surface area (Å²) < 4.78 is 0. The molecule has 0 aliphatic heterocycles. The molecular weight excluding hydrogens is 328 g/mol. The first-order valence-corrected chi connectivity index (χ1v) is 8.34. The number of amidine groups is 2. The lowest BCUT2D eigenvalue weighted by Gasteiger charge is -2.08. The molecule has 0 bridgehead atoms. The van der Waals surface area contributed by atoms with Gasteiger partial charge in [-0.2, -0.15) is 0 Å². The van der Waals surface area contributed by atoms with Crippen LogP contribution in [0.3, 0.4) is 0 Å². The van der Waals surface area contributed by atoms with Gasteiger partial charge in [0.2, 0.25) is 0 Å². The average molecular weight is 352 g/mol. The van der Waals surface area contributed by atoms with Crippen LogP contribution in [-0.4, -0.2) is 24.2 Å². The molecule has 8 N–H and O–H groups in total. The standard InChI is InChI=1S/C19H24N6O/c20-17(21)15-7-3-13(4-8-15)2-1-11-24-19(26)25-12-14-5-9-16(10-6-14)18(22)23/h3-10H,1-2,11-12H2,(H3,20,21)(H3,22,23)(H2,24,25,26). The summed E-state index contributed by atoms with van der Waals surface area (Å²) in [6, 6.07) is 14.5. The van der Waals surface area contributed by atoms with Gasteiger partial charge in [0.05, 0.1) is 0 Å². The fourth-order valence-electron chi connectivity index (χ4n) is 2.39. The van der Waals surface area contributed by atoms with E-state index in [9.17, 15) is 4.79 Å². The number of amides is 2. The van der Waals surface area contributed by atoms with Crippen LogP contribution >= 0.6 is 0 Å². The number of hydrogen-bond acceptors (Lipinski definition) is 3. The number of nitrogen functional groups attached to an aromatic ring is 2. The van der Waals surface area contributed by atoms with Gasteiger partial charge in [-0.15, -0.1) is 0 Å². The molecule has 0 spiro atoms. The average Bonchev–Trinajstić information content (AvgIpc) is 2.64. The van der Waals surface area contributed by atoms with E-state index in [0.717, 1.165) is 24.0 Å². The molecule has 0 aliphatic carbocycles. The molecule has 2 amide bonds. The Hall–Kier alpha value is -3.35. The maximum Gasteiger partial charge on any atom is 0.315 e. The van der Waals surface area contributed by atoms with Gasteiger partial charge >= 0.3 is 6.03 Å². The lowest BCUT2D eigenvalue weighted by Crippen LogP contribution is -2.35. The molecule has 26 heavy (non-hydrogen) atoms. The van der Waals surface area contributed by atoms with Crippen LogP contribution in [0.1, 0.15) is 28.7 Å². The third-order valence-electron chi connectivity index (χ3n) is 3.91. The number of rotatable bonds is 8. The summed E-state index contributed by atoms with van der Waals surface area (Å²) in [4.78, 5) is 11.8. The molecule has 0 unspecified atom stereocenters. The van der Waals surface area contributed by atoms with Crippen molar-refractivity contribution in [3.8, 4) is 0 Å². The number of benzene rings is 2. The van der Waals surface area contributed by atoms with Crippen molar-refractivity contribution in [1.82, 2.24) is 10.6 Å². The molecule has 0 aliphatic rings. The predicted molar refractivity (Wildman–Crippen MR) is 103 cm³/mol. The molecule has 0 fully saturated rings. The zero-order valence-corrected chi connectivity index (χ0v) is 14.5. The van der Waals surface area contributed by atoms with Crippen molar-refractivity contribution in [2.45, 2.75) is 19.4 Å². The van der Waals surface area contributed by atoms with Crippen molar-refractivity contribution in [2.75, 3.05) is 6.54 Å². The minimum Gasteiger partial charge on any atom is -0.384 e. The van der Waals surface area contributed by atoms with E-state index in [4.69, 9.17) is 22.3 Å². The largest absolute Gasteiger partial charge is 0.384 e. The summed E-state index contributed by atoms with van der Waals surface area (Å²) in [6.45, 7) is 0.986. The number of nitrogens with one attached hydrogen (secondary N) is 4. The van der Waals surface area contributed by atoms with Crippen LogP contribution in [0.5, 0.6) is 0 Å². The van der Waals surface area contributed by atoms with E-state index >= 15 is 0 Å². The van der Waals surface area contributed by atoms with Gasteiger partial charge in [0.15, 0.2) is 0 Å². The van der Waals surface area contributed by atoms with Gasteiger partial charge in [-0.05, 0) is 24.0 Å². The first-order valence-electron chi connectivity index (χ1n) is 8.34. The van der Waals surface area contributed by atoms with E-state index in [2.05, 4.69) is 10.6 Å². The third kappa shape index (κ3) is 5.94. The normalized spacial score (nSPS) is 10.2. The second kappa shape index (κ2) is 9.22. The Morgan fingerprint density at radius 2 is 1.31 bits per heavy atom. The molecule has 0 radical (unpaired) electrons. The van der Waals surface area contributed by atoms with Crippen molar-refractivity contribution in [2.24, 2.45) is 11.5 Å². The predicted octanol–water partition coefficient (Wildman–Crippen LogP) is 1.69. The number of carbonyl (C=O) groups excluding carboxylic acids is 1. The Kier molecular flexibility index (Phi) is 6.73. The van der Waals surface area contributed by atoms with Crippen LogP contribution in [0, 0.1) is 10.8 Å². The van der Waals surface area contributed by atoms with Crippen LogP contribution in [-0.2, 0) is 13.0 Å². The monoisotopic (exact) mass is 352 g/mol. The second-order valence-electron chi connectivity index (χ2n) is 5.93. The molecule has 0 heterocycles. The van der Waals surface area contributed by atoms with Crippen LogP contribution in [0.15, 0.2) is 48.5 Å². The summed E-state index contributed by atoms with van der Waals surface area (Å²) >= 11 is 0. The Morgan fingerprint density at radius 1 is 0.808 bits per heavy atom. The SMILES string of the molecule is N=C(N)c1ccc(CCCNC(=O)NCc2ccc(C(=N)N)cc2)cc1. The molecular formula is C19H24N6O. The number of aryl methyl sites for hydroxylation is 1. The lowest BCUT2D eigenvalue weighted by atomic mass is 10.1. The van der Waals surface area contributed by atoms with E-state index in [1.165, 1.54) is 0 Å². The molecule has 0 saturated heterocycles. The van der Waals surface area contributed by atoms with Gasteiger partial charge < -0.3 is 22.1 Å². The summed E-state index contributed by atoms with van der Waals surface area (Å²) in [5.74, 6) is 0.0870. The highest BCUT2D eigenvalue weighted by Crippen LogP contribution is 2.06. The fourth-order valence-corrected chi connectivity index (χ4v) is 2.39. The first-order chi connectivity index (χ1) is 12.5. The second-order valence-corrected chi connectivity index (χ2v) is 5.93.